The molecular weight excluding hydrogens is 256 g/mol. The molecule has 0 atom stereocenters. The Kier molecular flexibility index (Phi) is 3.70. The fourth-order valence-electron chi connectivity index (χ4n) is 2.08. The molecule has 1 heterocycles. The highest BCUT2D eigenvalue weighted by Gasteiger charge is 2.20. The third-order valence-electron chi connectivity index (χ3n) is 3.32. The lowest BCUT2D eigenvalue weighted by Gasteiger charge is -2.13. The lowest BCUT2D eigenvalue weighted by molar-refractivity contribution is 0.0696. The van der Waals surface area contributed by atoms with E-state index in [1.54, 1.807) is 14.0 Å². The molecule has 0 saturated carbocycles. The molecule has 1 aromatic carbocycles. The van der Waals surface area contributed by atoms with Crippen molar-refractivity contribution in [1.29, 1.82) is 0 Å². The predicted molar refractivity (Wildman–Crippen MR) is 75.2 cm³/mol. The van der Waals surface area contributed by atoms with Gasteiger partial charge in [0.2, 0.25) is 0 Å². The lowest BCUT2D eigenvalue weighted by atomic mass is 9.99. The SMILES string of the molecule is COc1cc(C)c(C)cc1-c1ncnc(C)c1C(=O)O. The number of nitrogens with zero attached hydrogens (tertiary/aromatic N) is 2. The molecule has 104 valence electrons. The number of carboxylic acids is 1. The Hall–Kier alpha value is -2.43. The van der Waals surface area contributed by atoms with E-state index in [9.17, 15) is 9.90 Å². The van der Waals surface area contributed by atoms with Gasteiger partial charge in [-0.1, -0.05) is 0 Å². The zero-order chi connectivity index (χ0) is 14.9. The van der Waals surface area contributed by atoms with Gasteiger partial charge in [0.15, 0.2) is 0 Å². The van der Waals surface area contributed by atoms with E-state index in [2.05, 4.69) is 9.97 Å². The van der Waals surface area contributed by atoms with Gasteiger partial charge < -0.3 is 9.84 Å². The van der Waals surface area contributed by atoms with Gasteiger partial charge in [0.05, 0.1) is 18.5 Å². The van der Waals surface area contributed by atoms with Crippen LogP contribution in [0.25, 0.3) is 11.3 Å². The maximum atomic E-state index is 11.4. The van der Waals surface area contributed by atoms with E-state index >= 15 is 0 Å². The molecular formula is C15H16N2O3. The van der Waals surface area contributed by atoms with Crippen molar-refractivity contribution in [3.8, 4) is 17.0 Å². The second kappa shape index (κ2) is 5.28. The number of aromatic carboxylic acids is 1. The average Bonchev–Trinajstić information content (AvgIpc) is 2.40. The highest BCUT2D eigenvalue weighted by Crippen LogP contribution is 2.33. The van der Waals surface area contributed by atoms with Gasteiger partial charge in [0.1, 0.15) is 17.6 Å². The average molecular weight is 272 g/mol. The molecule has 0 aliphatic rings. The number of rotatable bonds is 3. The van der Waals surface area contributed by atoms with Crippen LogP contribution in [0.2, 0.25) is 0 Å². The van der Waals surface area contributed by atoms with Crippen molar-refractivity contribution in [2.45, 2.75) is 20.8 Å². The van der Waals surface area contributed by atoms with Gasteiger partial charge in [-0.15, -0.1) is 0 Å². The topological polar surface area (TPSA) is 72.3 Å². The van der Waals surface area contributed by atoms with Gasteiger partial charge in [-0.05, 0) is 44.0 Å². The van der Waals surface area contributed by atoms with E-state index in [-0.39, 0.29) is 5.56 Å². The molecule has 0 bridgehead atoms. The fourth-order valence-corrected chi connectivity index (χ4v) is 2.08. The van der Waals surface area contributed by atoms with Crippen molar-refractivity contribution < 1.29 is 14.6 Å². The van der Waals surface area contributed by atoms with E-state index in [4.69, 9.17) is 4.74 Å². The molecule has 20 heavy (non-hydrogen) atoms. The molecule has 0 unspecified atom stereocenters. The van der Waals surface area contributed by atoms with Crippen molar-refractivity contribution in [2.24, 2.45) is 0 Å². The summed E-state index contributed by atoms with van der Waals surface area (Å²) in [6.45, 7) is 5.60. The van der Waals surface area contributed by atoms with E-state index < -0.39 is 5.97 Å². The summed E-state index contributed by atoms with van der Waals surface area (Å²) in [7, 11) is 1.56. The number of ether oxygens (including phenoxy) is 1. The molecule has 2 aromatic rings. The van der Waals surface area contributed by atoms with Crippen LogP contribution in [0.4, 0.5) is 0 Å². The molecule has 0 fully saturated rings. The summed E-state index contributed by atoms with van der Waals surface area (Å²) in [5.74, 6) is -0.438. The van der Waals surface area contributed by atoms with Gasteiger partial charge in [-0.2, -0.15) is 0 Å². The predicted octanol–water partition coefficient (Wildman–Crippen LogP) is 2.78. The molecule has 0 amide bonds. The van der Waals surface area contributed by atoms with Crippen LogP contribution in [-0.4, -0.2) is 28.2 Å². The van der Waals surface area contributed by atoms with Crippen molar-refractivity contribution in [1.82, 2.24) is 9.97 Å². The summed E-state index contributed by atoms with van der Waals surface area (Å²) in [5, 5.41) is 9.37. The van der Waals surface area contributed by atoms with Gasteiger partial charge in [0, 0.05) is 5.56 Å². The fraction of sp³-hybridized carbons (Fsp3) is 0.267. The number of carbonyl (C=O) groups is 1. The third-order valence-corrected chi connectivity index (χ3v) is 3.32. The van der Waals surface area contributed by atoms with E-state index in [0.29, 0.717) is 22.7 Å². The van der Waals surface area contributed by atoms with E-state index in [1.807, 2.05) is 26.0 Å². The molecule has 0 aliphatic carbocycles. The maximum Gasteiger partial charge on any atom is 0.339 e. The molecule has 0 spiro atoms. The molecule has 1 aromatic heterocycles. The van der Waals surface area contributed by atoms with Crippen LogP contribution in [0.5, 0.6) is 5.75 Å². The Morgan fingerprint density at radius 3 is 2.40 bits per heavy atom. The Morgan fingerprint density at radius 2 is 1.80 bits per heavy atom. The first kappa shape index (κ1) is 14.0. The quantitative estimate of drug-likeness (QED) is 0.930. The highest BCUT2D eigenvalue weighted by molar-refractivity contribution is 5.96. The normalized spacial score (nSPS) is 10.4. The number of hydrogen-bond acceptors (Lipinski definition) is 4. The summed E-state index contributed by atoms with van der Waals surface area (Å²) in [4.78, 5) is 19.5. The molecule has 1 N–H and O–H groups in total. The van der Waals surface area contributed by atoms with Crippen LogP contribution in [0.3, 0.4) is 0 Å². The molecule has 5 nitrogen and oxygen atoms in total. The van der Waals surface area contributed by atoms with Gasteiger partial charge in [-0.25, -0.2) is 14.8 Å². The Morgan fingerprint density at radius 1 is 1.15 bits per heavy atom. The Bertz CT molecular complexity index is 681. The van der Waals surface area contributed by atoms with Crippen molar-refractivity contribution >= 4 is 5.97 Å². The van der Waals surface area contributed by atoms with Crippen LogP contribution >= 0.6 is 0 Å². The summed E-state index contributed by atoms with van der Waals surface area (Å²) in [6, 6.07) is 3.77. The largest absolute Gasteiger partial charge is 0.496 e. The van der Waals surface area contributed by atoms with Crippen molar-refractivity contribution in [3.63, 3.8) is 0 Å². The molecule has 0 aliphatic heterocycles. The second-order valence-electron chi connectivity index (χ2n) is 4.62. The minimum Gasteiger partial charge on any atom is -0.496 e. The summed E-state index contributed by atoms with van der Waals surface area (Å²) >= 11 is 0. The zero-order valence-corrected chi connectivity index (χ0v) is 11.9. The third kappa shape index (κ3) is 2.34. The number of aromatic nitrogens is 2. The van der Waals surface area contributed by atoms with Crippen LogP contribution in [0.15, 0.2) is 18.5 Å². The zero-order valence-electron chi connectivity index (χ0n) is 11.9. The number of methoxy groups -OCH3 is 1. The number of hydrogen-bond donors (Lipinski definition) is 1. The smallest absolute Gasteiger partial charge is 0.339 e. The van der Waals surface area contributed by atoms with Crippen molar-refractivity contribution in [3.05, 3.63) is 40.8 Å². The van der Waals surface area contributed by atoms with Gasteiger partial charge in [0.25, 0.3) is 0 Å². The van der Waals surface area contributed by atoms with Crippen LogP contribution in [-0.2, 0) is 0 Å². The number of aryl methyl sites for hydroxylation is 3. The first-order valence-corrected chi connectivity index (χ1v) is 6.16. The van der Waals surface area contributed by atoms with E-state index in [0.717, 1.165) is 11.1 Å². The highest BCUT2D eigenvalue weighted by atomic mass is 16.5. The maximum absolute atomic E-state index is 11.4. The second-order valence-corrected chi connectivity index (χ2v) is 4.62. The Balaban J connectivity index is 2.78. The van der Waals surface area contributed by atoms with E-state index in [1.165, 1.54) is 6.33 Å². The minimum absolute atomic E-state index is 0.106. The van der Waals surface area contributed by atoms with Crippen LogP contribution in [0, 0.1) is 20.8 Å². The monoisotopic (exact) mass is 272 g/mol. The van der Waals surface area contributed by atoms with Crippen LogP contribution < -0.4 is 4.74 Å². The number of benzene rings is 1. The standard InChI is InChI=1S/C15H16N2O3/c1-8-5-11(12(20-4)6-9(8)2)14-13(15(18)19)10(3)16-7-17-14/h5-7H,1-4H3,(H,18,19). The first-order chi connectivity index (χ1) is 9.45. The first-order valence-electron chi connectivity index (χ1n) is 6.16. The summed E-state index contributed by atoms with van der Waals surface area (Å²) in [6.07, 6.45) is 1.37. The molecule has 0 radical (unpaired) electrons. The van der Waals surface area contributed by atoms with Crippen LogP contribution in [0.1, 0.15) is 27.2 Å². The number of carboxylic acid groups (broad SMARTS) is 1. The van der Waals surface area contributed by atoms with Crippen molar-refractivity contribution in [2.75, 3.05) is 7.11 Å². The minimum atomic E-state index is -1.04. The van der Waals surface area contributed by atoms with Gasteiger partial charge in [-0.3, -0.25) is 0 Å². The molecule has 0 saturated heterocycles. The molecule has 2 rings (SSSR count). The summed E-state index contributed by atoms with van der Waals surface area (Å²) in [5.41, 5.74) is 3.71. The molecule has 5 heteroatoms. The lowest BCUT2D eigenvalue weighted by Crippen LogP contribution is -2.07. The van der Waals surface area contributed by atoms with Gasteiger partial charge >= 0.3 is 5.97 Å². The summed E-state index contributed by atoms with van der Waals surface area (Å²) < 4.78 is 5.36. The Labute approximate surface area is 117 Å².